The zero-order valence-corrected chi connectivity index (χ0v) is 8.31. The van der Waals surface area contributed by atoms with E-state index in [1.54, 1.807) is 12.3 Å². The number of rotatable bonds is 2. The van der Waals surface area contributed by atoms with E-state index in [1.807, 2.05) is 0 Å². The van der Waals surface area contributed by atoms with Crippen LogP contribution in [-0.2, 0) is 0 Å². The summed E-state index contributed by atoms with van der Waals surface area (Å²) in [5, 5.41) is 12.1. The van der Waals surface area contributed by atoms with Gasteiger partial charge in [0, 0.05) is 32.4 Å². The molecule has 0 atom stereocenters. The van der Waals surface area contributed by atoms with Crippen molar-refractivity contribution in [2.45, 2.75) is 0 Å². The molecule has 1 aliphatic heterocycles. The maximum Gasteiger partial charge on any atom is 0.337 e. The fourth-order valence-corrected chi connectivity index (χ4v) is 1.64. The molecule has 0 aromatic carbocycles. The van der Waals surface area contributed by atoms with Crippen molar-refractivity contribution < 1.29 is 9.90 Å². The average Bonchev–Trinajstić information content (AvgIpc) is 2.30. The maximum absolute atomic E-state index is 10.8. The molecule has 1 aromatic heterocycles. The Morgan fingerprint density at radius 3 is 2.80 bits per heavy atom. The highest BCUT2D eigenvalue weighted by Crippen LogP contribution is 2.14. The van der Waals surface area contributed by atoms with Crippen molar-refractivity contribution in [3.05, 3.63) is 24.0 Å². The Balaban J connectivity index is 2.19. The van der Waals surface area contributed by atoms with Gasteiger partial charge in [0.1, 0.15) is 0 Å². The van der Waals surface area contributed by atoms with Crippen molar-refractivity contribution in [3.63, 3.8) is 0 Å². The number of carbonyl (C=O) groups is 1. The second kappa shape index (κ2) is 4.27. The predicted octanol–water partition coefficient (Wildman–Crippen LogP) is 0.189. The number of carboxylic acids is 1. The number of anilines is 1. The number of piperazine rings is 1. The highest BCUT2D eigenvalue weighted by Gasteiger charge is 2.12. The first-order chi connectivity index (χ1) is 7.27. The summed E-state index contributed by atoms with van der Waals surface area (Å²) < 4.78 is 0. The molecular weight excluding hydrogens is 194 g/mol. The summed E-state index contributed by atoms with van der Waals surface area (Å²) in [7, 11) is 0. The number of nitrogens with one attached hydrogen (secondary N) is 1. The smallest absolute Gasteiger partial charge is 0.337 e. The van der Waals surface area contributed by atoms with Gasteiger partial charge in [-0.05, 0) is 6.07 Å². The highest BCUT2D eigenvalue weighted by atomic mass is 16.4. The SMILES string of the molecule is O=C(O)c1cncc(N2CCNCC2)c1. The molecule has 0 saturated carbocycles. The third-order valence-corrected chi connectivity index (χ3v) is 2.45. The van der Waals surface area contributed by atoms with Crippen LogP contribution < -0.4 is 10.2 Å². The van der Waals surface area contributed by atoms with Crippen molar-refractivity contribution in [3.8, 4) is 0 Å². The molecule has 5 nitrogen and oxygen atoms in total. The second-order valence-electron chi connectivity index (χ2n) is 3.47. The lowest BCUT2D eigenvalue weighted by Crippen LogP contribution is -2.43. The van der Waals surface area contributed by atoms with Crippen LogP contribution in [0.25, 0.3) is 0 Å². The number of pyridine rings is 1. The second-order valence-corrected chi connectivity index (χ2v) is 3.47. The minimum absolute atomic E-state index is 0.242. The highest BCUT2D eigenvalue weighted by molar-refractivity contribution is 5.88. The first kappa shape index (κ1) is 9.92. The summed E-state index contributed by atoms with van der Waals surface area (Å²) >= 11 is 0. The van der Waals surface area contributed by atoms with Crippen LogP contribution in [0.15, 0.2) is 18.5 Å². The van der Waals surface area contributed by atoms with E-state index < -0.39 is 5.97 Å². The third-order valence-electron chi connectivity index (χ3n) is 2.45. The van der Waals surface area contributed by atoms with Crippen LogP contribution in [0.5, 0.6) is 0 Å². The Morgan fingerprint density at radius 1 is 1.40 bits per heavy atom. The van der Waals surface area contributed by atoms with Crippen LogP contribution in [-0.4, -0.2) is 42.2 Å². The number of hydrogen-bond acceptors (Lipinski definition) is 4. The van der Waals surface area contributed by atoms with E-state index in [-0.39, 0.29) is 5.56 Å². The lowest BCUT2D eigenvalue weighted by molar-refractivity contribution is 0.0696. The van der Waals surface area contributed by atoms with Gasteiger partial charge in [0.25, 0.3) is 0 Å². The summed E-state index contributed by atoms with van der Waals surface area (Å²) in [6, 6.07) is 1.67. The zero-order valence-electron chi connectivity index (χ0n) is 8.31. The van der Waals surface area contributed by atoms with Gasteiger partial charge in [-0.25, -0.2) is 4.79 Å². The molecule has 80 valence electrons. The summed E-state index contributed by atoms with van der Waals surface area (Å²) in [6.45, 7) is 3.64. The summed E-state index contributed by atoms with van der Waals surface area (Å²) in [6.07, 6.45) is 3.08. The quantitative estimate of drug-likeness (QED) is 0.724. The third kappa shape index (κ3) is 2.24. The molecule has 2 N–H and O–H groups in total. The Kier molecular flexibility index (Phi) is 2.82. The lowest BCUT2D eigenvalue weighted by atomic mass is 10.2. The average molecular weight is 207 g/mol. The maximum atomic E-state index is 10.8. The molecule has 2 rings (SSSR count). The summed E-state index contributed by atoms with van der Waals surface area (Å²) in [5.41, 5.74) is 1.13. The zero-order chi connectivity index (χ0) is 10.7. The van der Waals surface area contributed by atoms with E-state index in [1.165, 1.54) is 6.20 Å². The van der Waals surface area contributed by atoms with Crippen LogP contribution in [0.1, 0.15) is 10.4 Å². The Bertz CT molecular complexity index is 361. The fraction of sp³-hybridized carbons (Fsp3) is 0.400. The lowest BCUT2D eigenvalue weighted by Gasteiger charge is -2.29. The molecule has 0 bridgehead atoms. The topological polar surface area (TPSA) is 65.5 Å². The molecule has 1 aromatic rings. The molecule has 1 fully saturated rings. The molecule has 5 heteroatoms. The molecule has 1 saturated heterocycles. The van der Waals surface area contributed by atoms with Crippen LogP contribution in [0.3, 0.4) is 0 Å². The molecule has 0 spiro atoms. The van der Waals surface area contributed by atoms with E-state index in [9.17, 15) is 4.79 Å². The first-order valence-electron chi connectivity index (χ1n) is 4.91. The number of hydrogen-bond donors (Lipinski definition) is 2. The largest absolute Gasteiger partial charge is 0.478 e. The minimum Gasteiger partial charge on any atom is -0.478 e. The monoisotopic (exact) mass is 207 g/mol. The fourth-order valence-electron chi connectivity index (χ4n) is 1.64. The standard InChI is InChI=1S/C10H13N3O2/c14-10(15)8-5-9(7-12-6-8)13-3-1-11-2-4-13/h5-7,11H,1-4H2,(H,14,15). The van der Waals surface area contributed by atoms with Gasteiger partial charge in [0.05, 0.1) is 17.4 Å². The molecule has 15 heavy (non-hydrogen) atoms. The number of aromatic carboxylic acids is 1. The number of carboxylic acid groups (broad SMARTS) is 1. The van der Waals surface area contributed by atoms with Gasteiger partial charge in [-0.1, -0.05) is 0 Å². The predicted molar refractivity (Wildman–Crippen MR) is 56.3 cm³/mol. The van der Waals surface area contributed by atoms with Gasteiger partial charge in [-0.2, -0.15) is 0 Å². The van der Waals surface area contributed by atoms with E-state index in [0.29, 0.717) is 0 Å². The van der Waals surface area contributed by atoms with E-state index in [2.05, 4.69) is 15.2 Å². The summed E-state index contributed by atoms with van der Waals surface area (Å²) in [5.74, 6) is -0.931. The van der Waals surface area contributed by atoms with Crippen molar-refractivity contribution >= 4 is 11.7 Å². The van der Waals surface area contributed by atoms with Gasteiger partial charge in [-0.3, -0.25) is 4.98 Å². The molecule has 0 unspecified atom stereocenters. The molecule has 2 heterocycles. The van der Waals surface area contributed by atoms with Crippen molar-refractivity contribution in [2.75, 3.05) is 31.1 Å². The molecule has 0 aliphatic carbocycles. The van der Waals surface area contributed by atoms with E-state index >= 15 is 0 Å². The summed E-state index contributed by atoms with van der Waals surface area (Å²) in [4.78, 5) is 16.8. The van der Waals surface area contributed by atoms with Gasteiger partial charge in [0.2, 0.25) is 0 Å². The van der Waals surface area contributed by atoms with Gasteiger partial charge < -0.3 is 15.3 Å². The molecule has 1 aliphatic rings. The molecule has 0 radical (unpaired) electrons. The normalized spacial score (nSPS) is 16.4. The number of nitrogens with zero attached hydrogens (tertiary/aromatic N) is 2. The number of aromatic nitrogens is 1. The van der Waals surface area contributed by atoms with Crippen LogP contribution >= 0.6 is 0 Å². The Morgan fingerprint density at radius 2 is 2.13 bits per heavy atom. The van der Waals surface area contributed by atoms with Crippen LogP contribution in [0, 0.1) is 0 Å². The van der Waals surface area contributed by atoms with E-state index in [4.69, 9.17) is 5.11 Å². The van der Waals surface area contributed by atoms with Crippen molar-refractivity contribution in [1.29, 1.82) is 0 Å². The first-order valence-corrected chi connectivity index (χ1v) is 4.91. The molecular formula is C10H13N3O2. The van der Waals surface area contributed by atoms with Crippen LogP contribution in [0.4, 0.5) is 5.69 Å². The Hall–Kier alpha value is -1.62. The van der Waals surface area contributed by atoms with Crippen molar-refractivity contribution in [2.24, 2.45) is 0 Å². The van der Waals surface area contributed by atoms with Gasteiger partial charge >= 0.3 is 5.97 Å². The van der Waals surface area contributed by atoms with Crippen LogP contribution in [0.2, 0.25) is 0 Å². The van der Waals surface area contributed by atoms with Crippen molar-refractivity contribution in [1.82, 2.24) is 10.3 Å². The minimum atomic E-state index is -0.931. The molecule has 0 amide bonds. The van der Waals surface area contributed by atoms with Gasteiger partial charge in [-0.15, -0.1) is 0 Å². The van der Waals surface area contributed by atoms with E-state index in [0.717, 1.165) is 31.9 Å². The Labute approximate surface area is 87.7 Å². The van der Waals surface area contributed by atoms with Gasteiger partial charge in [0.15, 0.2) is 0 Å².